The molecule has 0 saturated carbocycles. The molecule has 0 aromatic carbocycles. The van der Waals surface area contributed by atoms with Crippen LogP contribution in [0.5, 0.6) is 0 Å². The molecule has 1 fully saturated rings. The summed E-state index contributed by atoms with van der Waals surface area (Å²) >= 11 is 3.71. The Labute approximate surface area is 111 Å². The van der Waals surface area contributed by atoms with Crippen molar-refractivity contribution >= 4 is 28.2 Å². The molecule has 0 amide bonds. The van der Waals surface area contributed by atoms with Gasteiger partial charge in [0.15, 0.2) is 5.13 Å². The molecule has 1 saturated heterocycles. The summed E-state index contributed by atoms with van der Waals surface area (Å²) in [7, 11) is 3.82. The van der Waals surface area contributed by atoms with Crippen molar-refractivity contribution in [3.8, 4) is 0 Å². The molecule has 0 radical (unpaired) electrons. The fraction of sp³-hybridized carbons (Fsp3) is 0.727. The third kappa shape index (κ3) is 2.93. The average molecular weight is 273 g/mol. The number of aromatic nitrogens is 1. The SMILES string of the molecule is COCc1nc(N(C)C2CCSC2)sc1CN. The van der Waals surface area contributed by atoms with E-state index in [1.165, 1.54) is 17.9 Å². The van der Waals surface area contributed by atoms with Crippen LogP contribution >= 0.6 is 23.1 Å². The Morgan fingerprint density at radius 2 is 2.41 bits per heavy atom. The first-order chi connectivity index (χ1) is 8.26. The van der Waals surface area contributed by atoms with Gasteiger partial charge in [-0.3, -0.25) is 0 Å². The van der Waals surface area contributed by atoms with Crippen LogP contribution in [0.3, 0.4) is 0 Å². The van der Waals surface area contributed by atoms with Crippen LogP contribution in [0.2, 0.25) is 0 Å². The average Bonchev–Trinajstić information content (AvgIpc) is 2.97. The highest BCUT2D eigenvalue weighted by Gasteiger charge is 2.23. The topological polar surface area (TPSA) is 51.4 Å². The molecule has 1 unspecified atom stereocenters. The van der Waals surface area contributed by atoms with Crippen molar-refractivity contribution in [2.24, 2.45) is 5.73 Å². The Balaban J connectivity index is 2.14. The highest BCUT2D eigenvalue weighted by Crippen LogP contribution is 2.31. The van der Waals surface area contributed by atoms with Crippen LogP contribution in [0, 0.1) is 0 Å². The zero-order chi connectivity index (χ0) is 12.3. The van der Waals surface area contributed by atoms with Crippen LogP contribution in [0.4, 0.5) is 5.13 Å². The van der Waals surface area contributed by atoms with Crippen LogP contribution in [0.25, 0.3) is 0 Å². The third-order valence-electron chi connectivity index (χ3n) is 2.99. The number of nitrogens with zero attached hydrogens (tertiary/aromatic N) is 2. The van der Waals surface area contributed by atoms with E-state index < -0.39 is 0 Å². The number of thiazole rings is 1. The molecule has 2 heterocycles. The molecule has 1 aliphatic heterocycles. The van der Waals surface area contributed by atoms with Crippen molar-refractivity contribution in [2.45, 2.75) is 25.6 Å². The minimum atomic E-state index is 0.545. The lowest BCUT2D eigenvalue weighted by Crippen LogP contribution is -2.31. The number of ether oxygens (including phenoxy) is 1. The molecule has 6 heteroatoms. The van der Waals surface area contributed by atoms with Crippen molar-refractivity contribution in [3.63, 3.8) is 0 Å². The van der Waals surface area contributed by atoms with Crippen LogP contribution in [0.1, 0.15) is 17.0 Å². The van der Waals surface area contributed by atoms with Crippen molar-refractivity contribution in [1.82, 2.24) is 4.98 Å². The van der Waals surface area contributed by atoms with Gasteiger partial charge in [-0.15, -0.1) is 11.3 Å². The summed E-state index contributed by atoms with van der Waals surface area (Å²) < 4.78 is 5.15. The number of anilines is 1. The van der Waals surface area contributed by atoms with E-state index in [1.54, 1.807) is 18.4 Å². The molecule has 4 nitrogen and oxygen atoms in total. The molecule has 1 aliphatic rings. The monoisotopic (exact) mass is 273 g/mol. The molecule has 0 bridgehead atoms. The quantitative estimate of drug-likeness (QED) is 0.885. The molecule has 96 valence electrons. The maximum absolute atomic E-state index is 5.74. The minimum Gasteiger partial charge on any atom is -0.378 e. The van der Waals surface area contributed by atoms with Crippen molar-refractivity contribution in [1.29, 1.82) is 0 Å². The Kier molecular flexibility index (Phi) is 4.67. The first-order valence-corrected chi connectivity index (χ1v) is 7.71. The number of nitrogens with two attached hydrogens (primary N) is 1. The summed E-state index contributed by atoms with van der Waals surface area (Å²) in [6, 6.07) is 0.618. The second-order valence-corrected chi connectivity index (χ2v) is 6.34. The number of thioether (sulfide) groups is 1. The van der Waals surface area contributed by atoms with E-state index in [0.717, 1.165) is 15.7 Å². The smallest absolute Gasteiger partial charge is 0.185 e. The second-order valence-electron chi connectivity index (χ2n) is 4.13. The highest BCUT2D eigenvalue weighted by molar-refractivity contribution is 7.99. The maximum atomic E-state index is 5.74. The fourth-order valence-corrected chi connectivity index (χ4v) is 4.16. The predicted octanol–water partition coefficient (Wildman–Crippen LogP) is 1.69. The standard InChI is InChI=1S/C11H19N3OS2/c1-14(8-3-4-16-7-8)11-13-9(6-15-2)10(5-12)17-11/h8H,3-7,12H2,1-2H3. The van der Waals surface area contributed by atoms with Gasteiger partial charge in [-0.25, -0.2) is 4.98 Å². The van der Waals surface area contributed by atoms with E-state index in [-0.39, 0.29) is 0 Å². The first kappa shape index (κ1) is 13.1. The minimum absolute atomic E-state index is 0.545. The van der Waals surface area contributed by atoms with Crippen LogP contribution in [-0.4, -0.2) is 36.7 Å². The van der Waals surface area contributed by atoms with Gasteiger partial charge in [-0.05, 0) is 12.2 Å². The maximum Gasteiger partial charge on any atom is 0.185 e. The van der Waals surface area contributed by atoms with E-state index in [4.69, 9.17) is 10.5 Å². The zero-order valence-corrected chi connectivity index (χ0v) is 11.9. The molecule has 2 N–H and O–H groups in total. The van der Waals surface area contributed by atoms with Crippen LogP contribution in [0.15, 0.2) is 0 Å². The molecular formula is C11H19N3OS2. The number of hydrogen-bond donors (Lipinski definition) is 1. The molecule has 0 spiro atoms. The second kappa shape index (κ2) is 6.04. The zero-order valence-electron chi connectivity index (χ0n) is 10.3. The van der Waals surface area contributed by atoms with E-state index in [2.05, 4.69) is 16.9 Å². The number of hydrogen-bond acceptors (Lipinski definition) is 6. The van der Waals surface area contributed by atoms with E-state index in [9.17, 15) is 0 Å². The van der Waals surface area contributed by atoms with Gasteiger partial charge in [0.25, 0.3) is 0 Å². The van der Waals surface area contributed by atoms with Crippen molar-refractivity contribution in [3.05, 3.63) is 10.6 Å². The fourth-order valence-electron chi connectivity index (χ4n) is 1.91. The third-order valence-corrected chi connectivity index (χ3v) is 5.34. The number of methoxy groups -OCH3 is 1. The lowest BCUT2D eigenvalue weighted by Gasteiger charge is -2.22. The summed E-state index contributed by atoms with van der Waals surface area (Å²) in [6.07, 6.45) is 1.25. The molecule has 17 heavy (non-hydrogen) atoms. The van der Waals surface area contributed by atoms with Crippen molar-refractivity contribution in [2.75, 3.05) is 30.6 Å². The molecular weight excluding hydrogens is 254 g/mol. The predicted molar refractivity (Wildman–Crippen MR) is 74.9 cm³/mol. The largest absolute Gasteiger partial charge is 0.378 e. The molecule has 2 rings (SSSR count). The van der Waals surface area contributed by atoms with Gasteiger partial charge < -0.3 is 15.4 Å². The summed E-state index contributed by atoms with van der Waals surface area (Å²) in [4.78, 5) is 8.08. The van der Waals surface area contributed by atoms with Crippen LogP contribution in [-0.2, 0) is 17.9 Å². The Hall–Kier alpha value is -0.300. The summed E-state index contributed by atoms with van der Waals surface area (Å²) in [5.41, 5.74) is 6.73. The van der Waals surface area contributed by atoms with Gasteiger partial charge in [-0.1, -0.05) is 0 Å². The lowest BCUT2D eigenvalue weighted by atomic mass is 10.2. The highest BCUT2D eigenvalue weighted by atomic mass is 32.2. The summed E-state index contributed by atoms with van der Waals surface area (Å²) in [5.74, 6) is 2.46. The van der Waals surface area contributed by atoms with E-state index in [0.29, 0.717) is 19.2 Å². The van der Waals surface area contributed by atoms with Gasteiger partial charge in [-0.2, -0.15) is 11.8 Å². The Bertz CT molecular complexity index is 364. The lowest BCUT2D eigenvalue weighted by molar-refractivity contribution is 0.181. The van der Waals surface area contributed by atoms with E-state index >= 15 is 0 Å². The van der Waals surface area contributed by atoms with Gasteiger partial charge in [0.05, 0.1) is 12.3 Å². The van der Waals surface area contributed by atoms with Crippen molar-refractivity contribution < 1.29 is 4.74 Å². The molecule has 1 aromatic rings. The molecule has 0 aliphatic carbocycles. The Morgan fingerprint density at radius 1 is 1.59 bits per heavy atom. The Morgan fingerprint density at radius 3 is 3.00 bits per heavy atom. The normalized spacial score (nSPS) is 19.8. The van der Waals surface area contributed by atoms with Gasteiger partial charge in [0.1, 0.15) is 0 Å². The van der Waals surface area contributed by atoms with Gasteiger partial charge in [0.2, 0.25) is 0 Å². The van der Waals surface area contributed by atoms with Gasteiger partial charge >= 0.3 is 0 Å². The summed E-state index contributed by atoms with van der Waals surface area (Å²) in [5, 5.41) is 1.07. The molecule has 1 aromatic heterocycles. The number of rotatable bonds is 5. The first-order valence-electron chi connectivity index (χ1n) is 5.74. The van der Waals surface area contributed by atoms with E-state index in [1.807, 2.05) is 11.8 Å². The molecule has 1 atom stereocenters. The van der Waals surface area contributed by atoms with Gasteiger partial charge in [0, 0.05) is 37.4 Å². The van der Waals surface area contributed by atoms with Crippen LogP contribution < -0.4 is 10.6 Å². The summed E-state index contributed by atoms with van der Waals surface area (Å²) in [6.45, 7) is 1.10.